The largest absolute Gasteiger partial charge is 0.545 e. The summed E-state index contributed by atoms with van der Waals surface area (Å²) in [5.74, 6) is -2.71. The Kier molecular flexibility index (Phi) is 6.15. The second kappa shape index (κ2) is 8.84. The summed E-state index contributed by atoms with van der Waals surface area (Å²) in [6.07, 6.45) is 3.38. The van der Waals surface area contributed by atoms with Crippen molar-refractivity contribution in [3.8, 4) is 0 Å². The van der Waals surface area contributed by atoms with Crippen LogP contribution in [0.1, 0.15) is 57.3 Å². The Balaban J connectivity index is 1.68. The first-order valence-corrected chi connectivity index (χ1v) is 11.8. The highest BCUT2D eigenvalue weighted by atomic mass is 32.2. The van der Waals surface area contributed by atoms with E-state index < -0.39 is 29.0 Å². The summed E-state index contributed by atoms with van der Waals surface area (Å²) in [6, 6.07) is 6.23. The number of hydrogen-bond acceptors (Lipinski definition) is 8. The van der Waals surface area contributed by atoms with Gasteiger partial charge in [-0.1, -0.05) is 18.2 Å². The highest BCUT2D eigenvalue weighted by Crippen LogP contribution is 2.44. The van der Waals surface area contributed by atoms with Crippen LogP contribution in [0.3, 0.4) is 0 Å². The number of ether oxygens (including phenoxy) is 1. The van der Waals surface area contributed by atoms with Crippen LogP contribution in [0.5, 0.6) is 0 Å². The first-order valence-electron chi connectivity index (χ1n) is 10.1. The third-order valence-corrected chi connectivity index (χ3v) is 7.86. The van der Waals surface area contributed by atoms with Crippen LogP contribution in [0.4, 0.5) is 5.00 Å². The van der Waals surface area contributed by atoms with Gasteiger partial charge in [0.2, 0.25) is 11.8 Å². The van der Waals surface area contributed by atoms with Gasteiger partial charge in [-0.25, -0.2) is 9.69 Å². The molecule has 0 N–H and O–H groups in total. The van der Waals surface area contributed by atoms with Crippen LogP contribution in [0, 0.1) is 0 Å². The lowest BCUT2D eigenvalue weighted by Crippen LogP contribution is -2.32. The summed E-state index contributed by atoms with van der Waals surface area (Å²) in [6.45, 7) is 1.91. The zero-order chi connectivity index (χ0) is 22.1. The molecule has 2 amide bonds. The fraction of sp³-hybridized carbons (Fsp3) is 0.364. The smallest absolute Gasteiger partial charge is 0.341 e. The molecule has 31 heavy (non-hydrogen) atoms. The molecule has 1 atom stereocenters. The van der Waals surface area contributed by atoms with E-state index in [1.807, 2.05) is 0 Å². The summed E-state index contributed by atoms with van der Waals surface area (Å²) in [7, 11) is 0. The Labute approximate surface area is 187 Å². The van der Waals surface area contributed by atoms with Gasteiger partial charge < -0.3 is 14.6 Å². The highest BCUT2D eigenvalue weighted by molar-refractivity contribution is 8.00. The van der Waals surface area contributed by atoms with Gasteiger partial charge in [0.15, 0.2) is 0 Å². The SMILES string of the molecule is CCOC(=O)c1c(N2C(=O)C[C@@H](Sc3ccccc3C(=O)[O-])C2=O)sc2c1CCCC2. The number of nitrogens with zero attached hydrogens (tertiary/aromatic N) is 1. The number of thioether (sulfide) groups is 1. The number of esters is 1. The minimum atomic E-state index is -1.34. The Morgan fingerprint density at radius 3 is 2.71 bits per heavy atom. The molecule has 1 fully saturated rings. The molecule has 1 saturated heterocycles. The maximum atomic E-state index is 13.2. The molecule has 1 aliphatic carbocycles. The van der Waals surface area contributed by atoms with Gasteiger partial charge in [0.1, 0.15) is 5.00 Å². The van der Waals surface area contributed by atoms with Gasteiger partial charge in [0.05, 0.1) is 23.4 Å². The topological polar surface area (TPSA) is 104 Å². The van der Waals surface area contributed by atoms with Crippen molar-refractivity contribution < 1.29 is 29.0 Å². The molecule has 162 valence electrons. The van der Waals surface area contributed by atoms with E-state index in [4.69, 9.17) is 4.74 Å². The normalized spacial score (nSPS) is 18.2. The maximum Gasteiger partial charge on any atom is 0.341 e. The number of fused-ring (bicyclic) bond motifs is 1. The van der Waals surface area contributed by atoms with Gasteiger partial charge in [0.25, 0.3) is 0 Å². The predicted octanol–water partition coefficient (Wildman–Crippen LogP) is 2.59. The number of amides is 2. The van der Waals surface area contributed by atoms with Gasteiger partial charge in [0, 0.05) is 21.8 Å². The van der Waals surface area contributed by atoms with Crippen LogP contribution >= 0.6 is 23.1 Å². The Bertz CT molecular complexity index is 1080. The Hall–Kier alpha value is -2.65. The van der Waals surface area contributed by atoms with E-state index >= 15 is 0 Å². The van der Waals surface area contributed by atoms with E-state index in [0.29, 0.717) is 21.9 Å². The number of carboxylic acid groups (broad SMARTS) is 1. The standard InChI is InChI=1S/C22H21NO6S2/c1-2-29-22(28)18-12-7-3-5-9-14(12)31-20(18)23-17(24)11-16(19(23)25)30-15-10-6-4-8-13(15)21(26)27/h4,6,8,10,16H,2-3,5,7,9,11H2,1H3,(H,26,27)/p-1/t16-/m1/s1. The lowest BCUT2D eigenvalue weighted by molar-refractivity contribution is -0.255. The number of rotatable bonds is 6. The van der Waals surface area contributed by atoms with Gasteiger partial charge in [-0.3, -0.25) is 9.59 Å². The molecule has 0 spiro atoms. The molecule has 2 heterocycles. The summed E-state index contributed by atoms with van der Waals surface area (Å²) < 4.78 is 5.23. The summed E-state index contributed by atoms with van der Waals surface area (Å²) in [5.41, 5.74) is 1.18. The van der Waals surface area contributed by atoms with Crippen molar-refractivity contribution >= 4 is 51.9 Å². The van der Waals surface area contributed by atoms with Crippen LogP contribution in [0.15, 0.2) is 29.2 Å². The van der Waals surface area contributed by atoms with Gasteiger partial charge in [-0.05, 0) is 44.2 Å². The second-order valence-electron chi connectivity index (χ2n) is 7.27. The summed E-state index contributed by atoms with van der Waals surface area (Å²) >= 11 is 2.34. The number of imide groups is 1. The van der Waals surface area contributed by atoms with Crippen LogP contribution in [-0.4, -0.2) is 35.6 Å². The molecule has 0 radical (unpaired) electrons. The molecule has 7 nitrogen and oxygen atoms in total. The number of anilines is 1. The number of carbonyl (C=O) groups is 4. The van der Waals surface area contributed by atoms with Crippen molar-refractivity contribution in [3.05, 3.63) is 45.8 Å². The number of hydrogen-bond donors (Lipinski definition) is 0. The minimum absolute atomic E-state index is 0.0231. The number of carbonyl (C=O) groups excluding carboxylic acids is 4. The second-order valence-corrected chi connectivity index (χ2v) is 9.60. The number of benzene rings is 1. The van der Waals surface area contributed by atoms with Crippen molar-refractivity contribution in [3.63, 3.8) is 0 Å². The molecule has 1 aromatic carbocycles. The average Bonchev–Trinajstić information content (AvgIpc) is 3.25. The van der Waals surface area contributed by atoms with E-state index in [1.165, 1.54) is 17.4 Å². The zero-order valence-electron chi connectivity index (χ0n) is 16.8. The third kappa shape index (κ3) is 3.99. The van der Waals surface area contributed by atoms with Crippen LogP contribution in [0.25, 0.3) is 0 Å². The fourth-order valence-corrected chi connectivity index (χ4v) is 6.50. The van der Waals surface area contributed by atoms with Crippen LogP contribution in [0.2, 0.25) is 0 Å². The number of carboxylic acids is 1. The molecule has 2 aromatic rings. The Morgan fingerprint density at radius 2 is 1.97 bits per heavy atom. The van der Waals surface area contributed by atoms with E-state index in [0.717, 1.165) is 46.4 Å². The van der Waals surface area contributed by atoms with Crippen LogP contribution < -0.4 is 10.0 Å². The van der Waals surface area contributed by atoms with Crippen molar-refractivity contribution in [1.82, 2.24) is 0 Å². The molecular weight excluding hydrogens is 438 g/mol. The average molecular weight is 459 g/mol. The number of aryl methyl sites for hydroxylation is 1. The molecule has 1 aromatic heterocycles. The third-order valence-electron chi connectivity index (χ3n) is 5.32. The van der Waals surface area contributed by atoms with Crippen LogP contribution in [-0.2, 0) is 27.2 Å². The molecule has 9 heteroatoms. The van der Waals surface area contributed by atoms with E-state index in [2.05, 4.69) is 0 Å². The van der Waals surface area contributed by atoms with Gasteiger partial charge >= 0.3 is 5.97 Å². The number of aromatic carboxylic acids is 1. The van der Waals surface area contributed by atoms with E-state index in [-0.39, 0.29) is 18.6 Å². The van der Waals surface area contributed by atoms with Crippen molar-refractivity contribution in [2.45, 2.75) is 49.2 Å². The lowest BCUT2D eigenvalue weighted by Gasteiger charge is -2.16. The van der Waals surface area contributed by atoms with Crippen molar-refractivity contribution in [1.29, 1.82) is 0 Å². The minimum Gasteiger partial charge on any atom is -0.545 e. The summed E-state index contributed by atoms with van der Waals surface area (Å²) in [4.78, 5) is 52.7. The monoisotopic (exact) mass is 458 g/mol. The van der Waals surface area contributed by atoms with Crippen molar-refractivity contribution in [2.24, 2.45) is 0 Å². The first kappa shape index (κ1) is 21.6. The molecule has 0 saturated carbocycles. The maximum absolute atomic E-state index is 13.2. The van der Waals surface area contributed by atoms with Gasteiger partial charge in [-0.15, -0.1) is 23.1 Å². The lowest BCUT2D eigenvalue weighted by atomic mass is 9.95. The predicted molar refractivity (Wildman–Crippen MR) is 114 cm³/mol. The van der Waals surface area contributed by atoms with E-state index in [9.17, 15) is 24.3 Å². The first-order chi connectivity index (χ1) is 14.9. The van der Waals surface area contributed by atoms with Gasteiger partial charge in [-0.2, -0.15) is 0 Å². The molecular formula is C22H20NO6S2-. The molecule has 1 aliphatic heterocycles. The Morgan fingerprint density at radius 1 is 1.23 bits per heavy atom. The molecule has 0 bridgehead atoms. The molecule has 2 aliphatic rings. The van der Waals surface area contributed by atoms with E-state index in [1.54, 1.807) is 25.1 Å². The molecule has 4 rings (SSSR count). The number of thiophene rings is 1. The quantitative estimate of drug-likeness (QED) is 0.484. The zero-order valence-corrected chi connectivity index (χ0v) is 18.5. The van der Waals surface area contributed by atoms with Crippen molar-refractivity contribution in [2.75, 3.05) is 11.5 Å². The molecule has 0 unspecified atom stereocenters. The highest BCUT2D eigenvalue weighted by Gasteiger charge is 2.44. The fourth-order valence-electron chi connectivity index (χ4n) is 3.92. The summed E-state index contributed by atoms with van der Waals surface area (Å²) in [5, 5.41) is 10.9.